The Morgan fingerprint density at radius 3 is 2.83 bits per heavy atom. The van der Waals surface area contributed by atoms with Gasteiger partial charge < -0.3 is 9.64 Å². The molecule has 3 heterocycles. The molecule has 0 atom stereocenters. The summed E-state index contributed by atoms with van der Waals surface area (Å²) in [4.78, 5) is 32.5. The van der Waals surface area contributed by atoms with Crippen molar-refractivity contribution < 1.29 is 22.7 Å². The minimum atomic E-state index is -3.47. The maximum atomic E-state index is 12.6. The van der Waals surface area contributed by atoms with Crippen molar-refractivity contribution in [2.75, 3.05) is 30.3 Å². The van der Waals surface area contributed by atoms with E-state index in [2.05, 4.69) is 9.38 Å². The molecule has 11 heteroatoms. The maximum Gasteiger partial charge on any atom is 0.340 e. The number of fused-ring (bicyclic) bond motifs is 2. The van der Waals surface area contributed by atoms with E-state index < -0.39 is 22.6 Å². The van der Waals surface area contributed by atoms with Crippen LogP contribution in [0.15, 0.2) is 52.6 Å². The summed E-state index contributed by atoms with van der Waals surface area (Å²) in [7, 11) is -3.47. The van der Waals surface area contributed by atoms with Crippen LogP contribution in [0.2, 0.25) is 0 Å². The van der Waals surface area contributed by atoms with Crippen LogP contribution in [0.5, 0.6) is 0 Å². The minimum absolute atomic E-state index is 0.130. The van der Waals surface area contributed by atoms with Crippen LogP contribution in [0.25, 0.3) is 10.2 Å². The van der Waals surface area contributed by atoms with Gasteiger partial charge in [-0.2, -0.15) is 0 Å². The van der Waals surface area contributed by atoms with Crippen LogP contribution in [0.1, 0.15) is 6.92 Å². The second-order valence-electron chi connectivity index (χ2n) is 6.52. The monoisotopic (exact) mass is 446 g/mol. The van der Waals surface area contributed by atoms with Crippen LogP contribution in [-0.4, -0.2) is 61.5 Å². The van der Waals surface area contributed by atoms with Gasteiger partial charge in [0.2, 0.25) is 0 Å². The number of anilines is 1. The Bertz CT molecular complexity index is 1180. The molecule has 0 aliphatic carbocycles. The molecule has 0 unspecified atom stereocenters. The molecule has 0 saturated heterocycles. The number of thiazole rings is 1. The topological polar surface area (TPSA) is 109 Å². The summed E-state index contributed by atoms with van der Waals surface area (Å²) in [5, 5.41) is 0.548. The van der Waals surface area contributed by atoms with Crippen LogP contribution in [0.3, 0.4) is 0 Å². The first-order chi connectivity index (χ1) is 14.4. The van der Waals surface area contributed by atoms with Crippen molar-refractivity contribution in [3.63, 3.8) is 0 Å². The second-order valence-corrected chi connectivity index (χ2v) is 9.29. The van der Waals surface area contributed by atoms with E-state index >= 15 is 0 Å². The zero-order chi connectivity index (χ0) is 21.3. The molecule has 0 bridgehead atoms. The molecule has 0 fully saturated rings. The van der Waals surface area contributed by atoms with Gasteiger partial charge in [0.25, 0.3) is 15.9 Å². The van der Waals surface area contributed by atoms with Crippen LogP contribution in [0.4, 0.5) is 5.13 Å². The van der Waals surface area contributed by atoms with Gasteiger partial charge in [-0.05, 0) is 31.2 Å². The quantitative estimate of drug-likeness (QED) is 0.643. The van der Waals surface area contributed by atoms with Gasteiger partial charge in [-0.25, -0.2) is 18.2 Å². The summed E-state index contributed by atoms with van der Waals surface area (Å²) < 4.78 is 32.9. The number of carbonyl (C=O) groups is 2. The Hall–Kier alpha value is -3.05. The van der Waals surface area contributed by atoms with E-state index in [9.17, 15) is 18.0 Å². The second kappa shape index (κ2) is 8.00. The van der Waals surface area contributed by atoms with E-state index in [1.807, 2.05) is 31.2 Å². The smallest absolute Gasteiger partial charge is 0.340 e. The molecule has 0 saturated carbocycles. The molecule has 9 nitrogen and oxygen atoms in total. The van der Waals surface area contributed by atoms with Gasteiger partial charge in [0.05, 0.1) is 21.5 Å². The number of ether oxygens (including phenoxy) is 1. The zero-order valence-electron chi connectivity index (χ0n) is 16.0. The third kappa shape index (κ3) is 4.12. The summed E-state index contributed by atoms with van der Waals surface area (Å²) in [5.74, 6) is -0.930. The summed E-state index contributed by atoms with van der Waals surface area (Å²) in [6.45, 7) is 1.98. The Morgan fingerprint density at radius 1 is 1.27 bits per heavy atom. The lowest BCUT2D eigenvalue weighted by Crippen LogP contribution is -2.37. The van der Waals surface area contributed by atoms with Crippen molar-refractivity contribution in [2.45, 2.75) is 6.92 Å². The molecule has 30 heavy (non-hydrogen) atoms. The summed E-state index contributed by atoms with van der Waals surface area (Å²) in [5.41, 5.74) is 1.02. The van der Waals surface area contributed by atoms with Crippen LogP contribution in [-0.2, 0) is 24.3 Å². The van der Waals surface area contributed by atoms with Gasteiger partial charge >= 0.3 is 5.97 Å². The van der Waals surface area contributed by atoms with Gasteiger partial charge in [0.1, 0.15) is 5.84 Å². The van der Waals surface area contributed by atoms with Crippen molar-refractivity contribution in [3.05, 3.63) is 48.2 Å². The fourth-order valence-electron chi connectivity index (χ4n) is 3.00. The summed E-state index contributed by atoms with van der Waals surface area (Å²) in [6.07, 6.45) is 4.34. The van der Waals surface area contributed by atoms with Gasteiger partial charge in [-0.1, -0.05) is 23.5 Å². The average Bonchev–Trinajstić information content (AvgIpc) is 3.15. The highest BCUT2D eigenvalue weighted by atomic mass is 32.2. The molecule has 2 aliphatic rings. The number of amides is 1. The van der Waals surface area contributed by atoms with Crippen LogP contribution in [0, 0.1) is 0 Å². The largest absolute Gasteiger partial charge is 0.452 e. The maximum absolute atomic E-state index is 12.6. The molecule has 0 radical (unpaired) electrons. The molecule has 4 rings (SSSR count). The summed E-state index contributed by atoms with van der Waals surface area (Å²) in [6, 6.07) is 7.59. The van der Waals surface area contributed by atoms with Crippen LogP contribution < -0.4 is 4.90 Å². The van der Waals surface area contributed by atoms with E-state index in [1.54, 1.807) is 4.90 Å². The van der Waals surface area contributed by atoms with Gasteiger partial charge in [-0.15, -0.1) is 4.40 Å². The third-order valence-electron chi connectivity index (χ3n) is 4.52. The first kappa shape index (κ1) is 20.2. The number of esters is 1. The van der Waals surface area contributed by atoms with Gasteiger partial charge in [-0.3, -0.25) is 9.69 Å². The number of rotatable bonds is 5. The first-order valence-electron chi connectivity index (χ1n) is 9.18. The Kier molecular flexibility index (Phi) is 5.39. The normalized spacial score (nSPS) is 17.2. The number of para-hydroxylation sites is 1. The van der Waals surface area contributed by atoms with E-state index in [0.29, 0.717) is 11.7 Å². The van der Waals surface area contributed by atoms with E-state index in [-0.39, 0.29) is 29.6 Å². The van der Waals surface area contributed by atoms with Crippen molar-refractivity contribution >= 4 is 54.4 Å². The van der Waals surface area contributed by atoms with Crippen molar-refractivity contribution in [3.8, 4) is 0 Å². The number of likely N-dealkylation sites (N-methyl/N-ethyl adjacent to an activating group) is 1. The SMILES string of the molecule is CCN(C(=O)COC(=O)C1=CN2CCS(=O)(=O)N=C2C=C1)c1nc2ccccc2s1. The fraction of sp³-hybridized carbons (Fsp3) is 0.263. The van der Waals surface area contributed by atoms with Gasteiger partial charge in [0, 0.05) is 19.3 Å². The van der Waals surface area contributed by atoms with Crippen molar-refractivity contribution in [1.82, 2.24) is 9.88 Å². The highest BCUT2D eigenvalue weighted by Crippen LogP contribution is 2.28. The highest BCUT2D eigenvalue weighted by molar-refractivity contribution is 7.90. The average molecular weight is 447 g/mol. The van der Waals surface area contributed by atoms with E-state index in [1.165, 1.54) is 34.6 Å². The molecular weight excluding hydrogens is 428 g/mol. The molecule has 0 spiro atoms. The number of benzene rings is 1. The predicted molar refractivity (Wildman–Crippen MR) is 114 cm³/mol. The molecule has 0 N–H and O–H groups in total. The molecule has 2 aliphatic heterocycles. The molecular formula is C19H18N4O5S2. The molecule has 1 aromatic carbocycles. The number of nitrogens with zero attached hydrogens (tertiary/aromatic N) is 4. The number of sulfonamides is 1. The Morgan fingerprint density at radius 2 is 2.07 bits per heavy atom. The lowest BCUT2D eigenvalue weighted by Gasteiger charge is -2.26. The molecule has 1 amide bonds. The lowest BCUT2D eigenvalue weighted by molar-refractivity contribution is -0.143. The standard InChI is InChI=1S/C19H18N4O5S2/c1-2-23(19-20-14-5-3-4-6-15(14)29-19)17(24)12-28-18(25)13-7-8-16-21-30(26,27)10-9-22(16)11-13/h3-8,11H,2,9-10,12H2,1H3. The number of carbonyl (C=O) groups excluding carboxylic acids is 2. The predicted octanol–water partition coefficient (Wildman–Crippen LogP) is 1.69. The number of hydrogen-bond acceptors (Lipinski definition) is 8. The van der Waals surface area contributed by atoms with Crippen molar-refractivity contribution in [2.24, 2.45) is 4.40 Å². The lowest BCUT2D eigenvalue weighted by atomic mass is 10.2. The first-order valence-corrected chi connectivity index (χ1v) is 11.6. The highest BCUT2D eigenvalue weighted by Gasteiger charge is 2.26. The Balaban J connectivity index is 1.41. The van der Waals surface area contributed by atoms with Crippen LogP contribution >= 0.6 is 11.3 Å². The number of amidine groups is 1. The summed E-state index contributed by atoms with van der Waals surface area (Å²) >= 11 is 1.39. The molecule has 2 aromatic rings. The molecule has 1 aromatic heterocycles. The third-order valence-corrected chi connectivity index (χ3v) is 6.74. The van der Waals surface area contributed by atoms with E-state index in [4.69, 9.17) is 4.74 Å². The van der Waals surface area contributed by atoms with Crippen molar-refractivity contribution in [1.29, 1.82) is 0 Å². The number of aromatic nitrogens is 1. The minimum Gasteiger partial charge on any atom is -0.452 e. The zero-order valence-corrected chi connectivity index (χ0v) is 17.6. The molecule has 156 valence electrons. The Labute approximate surface area is 177 Å². The van der Waals surface area contributed by atoms with E-state index in [0.717, 1.165) is 10.2 Å². The van der Waals surface area contributed by atoms with Gasteiger partial charge in [0.15, 0.2) is 11.7 Å². The fourth-order valence-corrected chi connectivity index (χ4v) is 5.02. The number of hydrogen-bond donors (Lipinski definition) is 0.